The average Bonchev–Trinajstić information content (AvgIpc) is 3.10. The second-order valence-electron chi connectivity index (χ2n) is 7.35. The van der Waals surface area contributed by atoms with E-state index in [1.807, 2.05) is 73.0 Å². The van der Waals surface area contributed by atoms with Crippen LogP contribution in [0.2, 0.25) is 0 Å². The molecule has 7 heteroatoms. The van der Waals surface area contributed by atoms with E-state index in [9.17, 15) is 9.59 Å². The Morgan fingerprint density at radius 3 is 2.47 bits per heavy atom. The van der Waals surface area contributed by atoms with Gasteiger partial charge in [-0.05, 0) is 30.7 Å². The highest BCUT2D eigenvalue weighted by Crippen LogP contribution is 2.18. The molecule has 7 nitrogen and oxygen atoms in total. The molecule has 0 atom stereocenters. The van der Waals surface area contributed by atoms with Gasteiger partial charge in [-0.25, -0.2) is 4.98 Å². The first-order chi connectivity index (χ1) is 14.5. The van der Waals surface area contributed by atoms with Gasteiger partial charge < -0.3 is 19.9 Å². The molecule has 30 heavy (non-hydrogen) atoms. The third-order valence-corrected chi connectivity index (χ3v) is 4.65. The number of hydrogen-bond donors (Lipinski definition) is 2. The molecule has 2 amide bonds. The molecule has 3 aromatic rings. The molecule has 3 rings (SSSR count). The summed E-state index contributed by atoms with van der Waals surface area (Å²) in [5.41, 5.74) is 1.72. The summed E-state index contributed by atoms with van der Waals surface area (Å²) in [6.45, 7) is 5.18. The van der Waals surface area contributed by atoms with Crippen molar-refractivity contribution >= 4 is 22.8 Å². The van der Waals surface area contributed by atoms with E-state index in [1.165, 1.54) is 0 Å². The Morgan fingerprint density at radius 1 is 1.00 bits per heavy atom. The molecule has 0 spiro atoms. The van der Waals surface area contributed by atoms with Crippen LogP contribution in [0.15, 0.2) is 54.6 Å². The standard InChI is InChI=1S/C23H28N4O3/c1-17(2)23(29)25-14-8-13-24-22(28)15-27-20-12-7-6-11-19(20)26-21(27)16-30-18-9-4-3-5-10-18/h3-7,9-12,17H,8,13-16H2,1-2H3,(H,24,28)(H,25,29). The Labute approximate surface area is 176 Å². The number of para-hydroxylation sites is 3. The van der Waals surface area contributed by atoms with E-state index in [0.29, 0.717) is 25.3 Å². The maximum Gasteiger partial charge on any atom is 0.240 e. The van der Waals surface area contributed by atoms with Crippen LogP contribution in [0.4, 0.5) is 0 Å². The molecule has 0 fully saturated rings. The zero-order chi connectivity index (χ0) is 21.3. The highest BCUT2D eigenvalue weighted by molar-refractivity contribution is 5.81. The smallest absolute Gasteiger partial charge is 0.240 e. The van der Waals surface area contributed by atoms with Crippen LogP contribution in [0, 0.1) is 5.92 Å². The minimum absolute atomic E-state index is 0.0225. The van der Waals surface area contributed by atoms with Gasteiger partial charge in [-0.2, -0.15) is 0 Å². The number of nitrogens with one attached hydrogen (secondary N) is 2. The maximum absolute atomic E-state index is 12.5. The van der Waals surface area contributed by atoms with Gasteiger partial charge in [0.2, 0.25) is 11.8 Å². The van der Waals surface area contributed by atoms with E-state index in [4.69, 9.17) is 4.74 Å². The van der Waals surface area contributed by atoms with Crippen LogP contribution in [0.3, 0.4) is 0 Å². The summed E-state index contributed by atoms with van der Waals surface area (Å²) in [7, 11) is 0. The van der Waals surface area contributed by atoms with E-state index in [-0.39, 0.29) is 30.9 Å². The quantitative estimate of drug-likeness (QED) is 0.505. The number of aromatic nitrogens is 2. The van der Waals surface area contributed by atoms with Crippen molar-refractivity contribution in [1.82, 2.24) is 20.2 Å². The van der Waals surface area contributed by atoms with E-state index in [0.717, 1.165) is 16.8 Å². The van der Waals surface area contributed by atoms with Crippen LogP contribution in [0.1, 0.15) is 26.1 Å². The maximum atomic E-state index is 12.5. The summed E-state index contributed by atoms with van der Waals surface area (Å²) in [5, 5.41) is 5.75. The number of imidazole rings is 1. The van der Waals surface area contributed by atoms with Crippen LogP contribution in [-0.2, 0) is 22.7 Å². The minimum Gasteiger partial charge on any atom is -0.486 e. The van der Waals surface area contributed by atoms with Gasteiger partial charge >= 0.3 is 0 Å². The Hall–Kier alpha value is -3.35. The van der Waals surface area contributed by atoms with Crippen molar-refractivity contribution in [2.24, 2.45) is 5.92 Å². The molecule has 0 aliphatic carbocycles. The number of hydrogen-bond acceptors (Lipinski definition) is 4. The molecular weight excluding hydrogens is 380 g/mol. The lowest BCUT2D eigenvalue weighted by Crippen LogP contribution is -2.33. The molecule has 2 aromatic carbocycles. The van der Waals surface area contributed by atoms with Crippen LogP contribution in [-0.4, -0.2) is 34.5 Å². The molecule has 158 valence electrons. The molecule has 1 heterocycles. The summed E-state index contributed by atoms with van der Waals surface area (Å²) in [6.07, 6.45) is 0.679. The Kier molecular flexibility index (Phi) is 7.43. The number of nitrogens with zero attached hydrogens (tertiary/aromatic N) is 2. The Bertz CT molecular complexity index is 983. The highest BCUT2D eigenvalue weighted by Gasteiger charge is 2.14. The van der Waals surface area contributed by atoms with Gasteiger partial charge in [-0.1, -0.05) is 44.2 Å². The van der Waals surface area contributed by atoms with Crippen molar-refractivity contribution in [2.45, 2.75) is 33.4 Å². The average molecular weight is 409 g/mol. The largest absolute Gasteiger partial charge is 0.486 e. The van der Waals surface area contributed by atoms with Crippen LogP contribution in [0.25, 0.3) is 11.0 Å². The number of amides is 2. The summed E-state index contributed by atoms with van der Waals surface area (Å²) < 4.78 is 7.73. The van der Waals surface area contributed by atoms with Crippen molar-refractivity contribution in [2.75, 3.05) is 13.1 Å². The number of benzene rings is 2. The summed E-state index contributed by atoms with van der Waals surface area (Å²) in [5.74, 6) is 1.33. The molecule has 0 aliphatic heterocycles. The number of carbonyl (C=O) groups is 2. The third-order valence-electron chi connectivity index (χ3n) is 4.65. The lowest BCUT2D eigenvalue weighted by atomic mass is 10.2. The SMILES string of the molecule is CC(C)C(=O)NCCCNC(=O)Cn1c(COc2ccccc2)nc2ccccc21. The molecule has 0 aliphatic rings. The number of carbonyl (C=O) groups excluding carboxylic acids is 2. The van der Waals surface area contributed by atoms with Crippen molar-refractivity contribution in [3.63, 3.8) is 0 Å². The first-order valence-corrected chi connectivity index (χ1v) is 10.2. The molecule has 1 aromatic heterocycles. The fraction of sp³-hybridized carbons (Fsp3) is 0.348. The summed E-state index contributed by atoms with van der Waals surface area (Å²) in [6, 6.07) is 17.3. The highest BCUT2D eigenvalue weighted by atomic mass is 16.5. The van der Waals surface area contributed by atoms with Gasteiger partial charge in [0.05, 0.1) is 11.0 Å². The minimum atomic E-state index is -0.102. The van der Waals surface area contributed by atoms with Crippen molar-refractivity contribution in [1.29, 1.82) is 0 Å². The molecule has 0 saturated carbocycles. The topological polar surface area (TPSA) is 85.2 Å². The number of fused-ring (bicyclic) bond motifs is 1. The predicted octanol–water partition coefficient (Wildman–Crippen LogP) is 2.89. The fourth-order valence-electron chi connectivity index (χ4n) is 3.01. The van der Waals surface area contributed by atoms with E-state index >= 15 is 0 Å². The fourth-order valence-corrected chi connectivity index (χ4v) is 3.01. The first kappa shape index (κ1) is 21.4. The van der Waals surface area contributed by atoms with E-state index in [1.54, 1.807) is 0 Å². The van der Waals surface area contributed by atoms with Crippen molar-refractivity contribution in [3.8, 4) is 5.75 Å². The number of ether oxygens (including phenoxy) is 1. The summed E-state index contributed by atoms with van der Waals surface area (Å²) in [4.78, 5) is 28.7. The van der Waals surface area contributed by atoms with Crippen LogP contribution < -0.4 is 15.4 Å². The van der Waals surface area contributed by atoms with Crippen LogP contribution in [0.5, 0.6) is 5.75 Å². The molecule has 0 unspecified atom stereocenters. The van der Waals surface area contributed by atoms with Gasteiger partial charge in [0.25, 0.3) is 0 Å². The van der Waals surface area contributed by atoms with Gasteiger partial charge in [-0.3, -0.25) is 9.59 Å². The van der Waals surface area contributed by atoms with Crippen molar-refractivity contribution < 1.29 is 14.3 Å². The van der Waals surface area contributed by atoms with Crippen LogP contribution >= 0.6 is 0 Å². The van der Waals surface area contributed by atoms with Gasteiger partial charge in [0, 0.05) is 19.0 Å². The van der Waals surface area contributed by atoms with Gasteiger partial charge in [0.15, 0.2) is 0 Å². The van der Waals surface area contributed by atoms with Crippen molar-refractivity contribution in [3.05, 3.63) is 60.4 Å². The zero-order valence-electron chi connectivity index (χ0n) is 17.4. The lowest BCUT2D eigenvalue weighted by Gasteiger charge is -2.11. The summed E-state index contributed by atoms with van der Waals surface area (Å²) >= 11 is 0. The second-order valence-corrected chi connectivity index (χ2v) is 7.35. The molecule has 2 N–H and O–H groups in total. The third kappa shape index (κ3) is 5.83. The molecule has 0 saturated heterocycles. The monoisotopic (exact) mass is 408 g/mol. The normalized spacial score (nSPS) is 10.9. The lowest BCUT2D eigenvalue weighted by molar-refractivity contribution is -0.124. The predicted molar refractivity (Wildman–Crippen MR) is 116 cm³/mol. The van der Waals surface area contributed by atoms with E-state index in [2.05, 4.69) is 15.6 Å². The number of rotatable bonds is 10. The Balaban J connectivity index is 1.58. The Morgan fingerprint density at radius 2 is 1.70 bits per heavy atom. The molecule has 0 bridgehead atoms. The molecular formula is C23H28N4O3. The first-order valence-electron chi connectivity index (χ1n) is 10.2. The second kappa shape index (κ2) is 10.4. The van der Waals surface area contributed by atoms with Gasteiger partial charge in [-0.15, -0.1) is 0 Å². The van der Waals surface area contributed by atoms with Gasteiger partial charge in [0.1, 0.15) is 24.7 Å². The van der Waals surface area contributed by atoms with E-state index < -0.39 is 0 Å². The molecule has 0 radical (unpaired) electrons. The zero-order valence-corrected chi connectivity index (χ0v) is 17.4.